The van der Waals surface area contributed by atoms with E-state index in [2.05, 4.69) is 5.32 Å². The van der Waals surface area contributed by atoms with Crippen LogP contribution in [0, 0.1) is 5.82 Å². The van der Waals surface area contributed by atoms with Crippen molar-refractivity contribution in [1.29, 1.82) is 0 Å². The van der Waals surface area contributed by atoms with Crippen LogP contribution in [0.15, 0.2) is 24.3 Å². The van der Waals surface area contributed by atoms with Gasteiger partial charge in [-0.1, -0.05) is 18.2 Å². The molecular formula is C14H18FNO3. The Labute approximate surface area is 112 Å². The number of hydrogen-bond acceptors (Lipinski definition) is 3. The summed E-state index contributed by atoms with van der Waals surface area (Å²) in [6, 6.07) is 4.73. The summed E-state index contributed by atoms with van der Waals surface area (Å²) < 4.78 is 22.9. The molecule has 0 aliphatic rings. The number of carbonyl (C=O) groups is 1. The Hall–Kier alpha value is -2.04. The fourth-order valence-electron chi connectivity index (χ4n) is 1.45. The molecule has 1 amide bonds. The number of nitrogens with one attached hydrogen (secondary N) is 1. The molecule has 0 saturated carbocycles. The number of ether oxygens (including phenoxy) is 2. The minimum atomic E-state index is -0.425. The highest BCUT2D eigenvalue weighted by molar-refractivity contribution is 5.67. The van der Waals surface area contributed by atoms with Gasteiger partial charge in [0.2, 0.25) is 0 Å². The number of carbonyl (C=O) groups excluding carboxylic acids is 1. The molecule has 0 atom stereocenters. The van der Waals surface area contributed by atoms with E-state index in [1.807, 2.05) is 6.08 Å². The van der Waals surface area contributed by atoms with Crippen molar-refractivity contribution < 1.29 is 18.7 Å². The maximum Gasteiger partial charge on any atom is 0.407 e. The molecule has 0 spiro atoms. The summed E-state index contributed by atoms with van der Waals surface area (Å²) in [5, 5.41) is 2.59. The van der Waals surface area contributed by atoms with Crippen molar-refractivity contribution >= 4 is 12.2 Å². The zero-order valence-corrected chi connectivity index (χ0v) is 11.1. The zero-order chi connectivity index (χ0) is 14.1. The normalized spacial score (nSPS) is 10.5. The first-order chi connectivity index (χ1) is 9.17. The van der Waals surface area contributed by atoms with Crippen molar-refractivity contribution in [3.63, 3.8) is 0 Å². The minimum Gasteiger partial charge on any atom is -0.494 e. The molecular weight excluding hydrogens is 249 g/mol. The number of benzene rings is 1. The SMILES string of the molecule is CCOC(=O)NCC/C=C/c1ccc(OC)c(F)c1. The summed E-state index contributed by atoms with van der Waals surface area (Å²) >= 11 is 0. The van der Waals surface area contributed by atoms with Gasteiger partial charge in [0.25, 0.3) is 0 Å². The van der Waals surface area contributed by atoms with E-state index in [4.69, 9.17) is 9.47 Å². The van der Waals surface area contributed by atoms with E-state index < -0.39 is 11.9 Å². The van der Waals surface area contributed by atoms with Crippen LogP contribution >= 0.6 is 0 Å². The second-order valence-corrected chi connectivity index (χ2v) is 3.73. The average molecular weight is 267 g/mol. The molecule has 19 heavy (non-hydrogen) atoms. The van der Waals surface area contributed by atoms with Crippen LogP contribution in [0.1, 0.15) is 18.9 Å². The third-order valence-corrected chi connectivity index (χ3v) is 2.34. The molecule has 0 aliphatic carbocycles. The van der Waals surface area contributed by atoms with Gasteiger partial charge in [0.05, 0.1) is 13.7 Å². The van der Waals surface area contributed by atoms with E-state index in [9.17, 15) is 9.18 Å². The smallest absolute Gasteiger partial charge is 0.407 e. The standard InChI is InChI=1S/C14H18FNO3/c1-3-19-14(17)16-9-5-4-6-11-7-8-13(18-2)12(15)10-11/h4,6-8,10H,3,5,9H2,1-2H3,(H,16,17)/b6-4+. The molecule has 0 aromatic heterocycles. The quantitative estimate of drug-likeness (QED) is 0.806. The van der Waals surface area contributed by atoms with E-state index in [1.54, 1.807) is 25.1 Å². The van der Waals surface area contributed by atoms with Gasteiger partial charge in [-0.25, -0.2) is 9.18 Å². The molecule has 0 radical (unpaired) electrons. The van der Waals surface area contributed by atoms with Crippen molar-refractivity contribution in [2.45, 2.75) is 13.3 Å². The van der Waals surface area contributed by atoms with E-state index in [0.29, 0.717) is 19.6 Å². The third-order valence-electron chi connectivity index (χ3n) is 2.34. The Morgan fingerprint density at radius 2 is 2.26 bits per heavy atom. The molecule has 4 nitrogen and oxygen atoms in total. The molecule has 0 bridgehead atoms. The molecule has 0 saturated heterocycles. The number of rotatable bonds is 6. The molecule has 104 valence electrons. The predicted molar refractivity (Wildman–Crippen MR) is 71.6 cm³/mol. The lowest BCUT2D eigenvalue weighted by Gasteiger charge is -2.03. The Morgan fingerprint density at radius 1 is 1.47 bits per heavy atom. The maximum absolute atomic E-state index is 13.4. The van der Waals surface area contributed by atoms with E-state index in [-0.39, 0.29) is 5.75 Å². The Bertz CT molecular complexity index is 446. The number of alkyl carbamates (subject to hydrolysis) is 1. The van der Waals surface area contributed by atoms with Crippen LogP contribution in [0.2, 0.25) is 0 Å². The fourth-order valence-corrected chi connectivity index (χ4v) is 1.45. The van der Waals surface area contributed by atoms with E-state index in [0.717, 1.165) is 5.56 Å². The second-order valence-electron chi connectivity index (χ2n) is 3.73. The molecule has 0 unspecified atom stereocenters. The van der Waals surface area contributed by atoms with Crippen LogP contribution in [0.4, 0.5) is 9.18 Å². The minimum absolute atomic E-state index is 0.223. The molecule has 0 aliphatic heterocycles. The van der Waals surface area contributed by atoms with E-state index >= 15 is 0 Å². The van der Waals surface area contributed by atoms with Gasteiger partial charge in [0, 0.05) is 6.54 Å². The monoisotopic (exact) mass is 267 g/mol. The number of hydrogen-bond donors (Lipinski definition) is 1. The van der Waals surface area contributed by atoms with Crippen LogP contribution in [-0.4, -0.2) is 26.4 Å². The number of methoxy groups -OCH3 is 1. The lowest BCUT2D eigenvalue weighted by atomic mass is 10.2. The Balaban J connectivity index is 2.37. The topological polar surface area (TPSA) is 47.6 Å². The van der Waals surface area contributed by atoms with Crippen LogP contribution in [0.5, 0.6) is 5.75 Å². The molecule has 0 fully saturated rings. The summed E-state index contributed by atoms with van der Waals surface area (Å²) in [5.41, 5.74) is 0.745. The average Bonchev–Trinajstić information content (AvgIpc) is 2.39. The molecule has 1 N–H and O–H groups in total. The van der Waals surface area contributed by atoms with Gasteiger partial charge >= 0.3 is 6.09 Å². The lowest BCUT2D eigenvalue weighted by molar-refractivity contribution is 0.152. The first kappa shape index (κ1) is 15.0. The highest BCUT2D eigenvalue weighted by Crippen LogP contribution is 2.18. The highest BCUT2D eigenvalue weighted by Gasteiger charge is 2.01. The first-order valence-electron chi connectivity index (χ1n) is 6.08. The van der Waals surface area contributed by atoms with Gasteiger partial charge in [-0.3, -0.25) is 0 Å². The van der Waals surface area contributed by atoms with Crippen molar-refractivity contribution in [2.24, 2.45) is 0 Å². The second kappa shape index (κ2) is 8.13. The van der Waals surface area contributed by atoms with Crippen molar-refractivity contribution in [3.8, 4) is 5.75 Å². The Kier molecular flexibility index (Phi) is 6.43. The van der Waals surface area contributed by atoms with Crippen molar-refractivity contribution in [2.75, 3.05) is 20.3 Å². The predicted octanol–water partition coefficient (Wildman–Crippen LogP) is 2.98. The highest BCUT2D eigenvalue weighted by atomic mass is 19.1. The van der Waals surface area contributed by atoms with Gasteiger partial charge in [0.1, 0.15) is 0 Å². The molecule has 1 rings (SSSR count). The Morgan fingerprint density at radius 3 is 2.89 bits per heavy atom. The maximum atomic E-state index is 13.4. The summed E-state index contributed by atoms with van der Waals surface area (Å²) in [6.45, 7) is 2.58. The third kappa shape index (κ3) is 5.42. The van der Waals surface area contributed by atoms with Crippen LogP contribution < -0.4 is 10.1 Å². The van der Waals surface area contributed by atoms with Gasteiger partial charge in [-0.2, -0.15) is 0 Å². The fraction of sp³-hybridized carbons (Fsp3) is 0.357. The first-order valence-corrected chi connectivity index (χ1v) is 6.08. The largest absolute Gasteiger partial charge is 0.494 e. The van der Waals surface area contributed by atoms with Crippen molar-refractivity contribution in [1.82, 2.24) is 5.32 Å². The van der Waals surface area contributed by atoms with Crippen LogP contribution in [0.3, 0.4) is 0 Å². The molecule has 1 aromatic rings. The van der Waals surface area contributed by atoms with E-state index in [1.165, 1.54) is 13.2 Å². The molecule has 1 aromatic carbocycles. The zero-order valence-electron chi connectivity index (χ0n) is 11.1. The summed E-state index contributed by atoms with van der Waals surface area (Å²) in [4.78, 5) is 11.0. The number of amides is 1. The van der Waals surface area contributed by atoms with Crippen LogP contribution in [-0.2, 0) is 4.74 Å². The van der Waals surface area contributed by atoms with Crippen LogP contribution in [0.25, 0.3) is 6.08 Å². The van der Waals surface area contributed by atoms with Gasteiger partial charge in [-0.05, 0) is 31.0 Å². The molecule has 5 heteroatoms. The van der Waals surface area contributed by atoms with Crippen molar-refractivity contribution in [3.05, 3.63) is 35.7 Å². The van der Waals surface area contributed by atoms with Gasteiger partial charge in [-0.15, -0.1) is 0 Å². The number of halogens is 1. The summed E-state index contributed by atoms with van der Waals surface area (Å²) in [6.07, 6.45) is 3.86. The van der Waals surface area contributed by atoms with Gasteiger partial charge < -0.3 is 14.8 Å². The molecule has 0 heterocycles. The lowest BCUT2D eigenvalue weighted by Crippen LogP contribution is -2.24. The summed E-state index contributed by atoms with van der Waals surface area (Å²) in [7, 11) is 1.43. The summed E-state index contributed by atoms with van der Waals surface area (Å²) in [5.74, 6) is -0.171. The van der Waals surface area contributed by atoms with Gasteiger partial charge in [0.15, 0.2) is 11.6 Å².